The Morgan fingerprint density at radius 2 is 1.11 bits per heavy atom. The molecule has 0 aromatic heterocycles. The van der Waals surface area contributed by atoms with Crippen LogP contribution in [0.15, 0.2) is 0 Å². The standard InChI is InChI=1S/C16H33N3O4S4/c1-5-18(15(24)25,7-9-22-13-11-20-3)17-19(6-2,16(26)27)8-10-23-14-12-21-4/h17H,5-14H2,1-4H3. The molecule has 11 heteroatoms. The molecule has 7 nitrogen and oxygen atoms in total. The van der Waals surface area contributed by atoms with Crippen molar-refractivity contribution in [3.63, 3.8) is 0 Å². The van der Waals surface area contributed by atoms with Gasteiger partial charge in [-0.2, -0.15) is 9.18 Å². The molecular weight excluding hydrogens is 426 g/mol. The predicted octanol–water partition coefficient (Wildman–Crippen LogP) is 1.07. The largest absolute Gasteiger partial charge is 0.382 e. The maximum atomic E-state index is 5.62. The molecule has 0 saturated carbocycles. The fourth-order valence-electron chi connectivity index (χ4n) is 2.38. The van der Waals surface area contributed by atoms with Crippen LogP contribution >= 0.6 is 24.4 Å². The van der Waals surface area contributed by atoms with Crippen LogP contribution in [0.1, 0.15) is 13.8 Å². The Kier molecular flexibility index (Phi) is 15.4. The number of nitrogens with one attached hydrogen (secondary N) is 1. The van der Waals surface area contributed by atoms with Crippen LogP contribution in [-0.4, -0.2) is 97.9 Å². The van der Waals surface area contributed by atoms with Crippen LogP contribution in [0.4, 0.5) is 0 Å². The number of likely N-dealkylation sites (N-methyl/N-ethyl adjacent to an activating group) is 2. The minimum atomic E-state index is 0.209. The van der Waals surface area contributed by atoms with Crippen LogP contribution < -0.4 is 5.53 Å². The lowest BCUT2D eigenvalue weighted by molar-refractivity contribution is -1.08. The van der Waals surface area contributed by atoms with E-state index in [0.717, 1.165) is 0 Å². The van der Waals surface area contributed by atoms with Crippen LogP contribution in [0.5, 0.6) is 0 Å². The van der Waals surface area contributed by atoms with E-state index in [1.807, 2.05) is 13.8 Å². The quantitative estimate of drug-likeness (QED) is 0.120. The molecule has 0 amide bonds. The van der Waals surface area contributed by atoms with Crippen molar-refractivity contribution in [3.05, 3.63) is 0 Å². The van der Waals surface area contributed by atoms with Crippen molar-refractivity contribution in [1.82, 2.24) is 5.53 Å². The molecule has 0 aromatic rings. The van der Waals surface area contributed by atoms with Crippen LogP contribution in [0, 0.1) is 0 Å². The second-order valence-electron chi connectivity index (χ2n) is 5.86. The summed E-state index contributed by atoms with van der Waals surface area (Å²) in [4.78, 5) is 0. The zero-order valence-electron chi connectivity index (χ0n) is 16.7. The van der Waals surface area contributed by atoms with Crippen molar-refractivity contribution < 1.29 is 28.1 Å². The number of thiocarbonyl (C=S) groups is 2. The van der Waals surface area contributed by atoms with E-state index in [-0.39, 0.29) is 9.18 Å². The molecule has 0 aromatic carbocycles. The number of quaternary nitrogens is 2. The molecule has 0 heterocycles. The van der Waals surface area contributed by atoms with E-state index >= 15 is 0 Å². The van der Waals surface area contributed by atoms with Crippen molar-refractivity contribution in [2.75, 3.05) is 80.0 Å². The topological polar surface area (TPSA) is 49.0 Å². The highest BCUT2D eigenvalue weighted by Crippen LogP contribution is 2.13. The minimum Gasteiger partial charge on any atom is -0.382 e. The zero-order chi connectivity index (χ0) is 20.8. The van der Waals surface area contributed by atoms with E-state index in [1.165, 1.54) is 0 Å². The van der Waals surface area contributed by atoms with Gasteiger partial charge in [0.2, 0.25) is 0 Å². The maximum Gasteiger partial charge on any atom is 0.128 e. The predicted molar refractivity (Wildman–Crippen MR) is 120 cm³/mol. The molecule has 0 saturated heterocycles. The molecule has 1 N–H and O–H groups in total. The van der Waals surface area contributed by atoms with Gasteiger partial charge in [0, 0.05) is 14.2 Å². The van der Waals surface area contributed by atoms with E-state index in [0.29, 0.717) is 74.5 Å². The monoisotopic (exact) mass is 459 g/mol. The number of ether oxygens (including phenoxy) is 4. The van der Waals surface area contributed by atoms with E-state index in [9.17, 15) is 0 Å². The Bertz CT molecular complexity index is 410. The summed E-state index contributed by atoms with van der Waals surface area (Å²) in [7, 11) is 3.28. The van der Waals surface area contributed by atoms with E-state index < -0.39 is 0 Å². The molecule has 0 rings (SSSR count). The van der Waals surface area contributed by atoms with Gasteiger partial charge in [-0.05, 0) is 19.4 Å². The normalized spacial score (nSPS) is 15.9. The number of nitrogens with zero attached hydrogens (tertiary/aromatic N) is 2. The second kappa shape index (κ2) is 15.2. The van der Waals surface area contributed by atoms with Crippen LogP contribution in [0.3, 0.4) is 0 Å². The highest BCUT2D eigenvalue weighted by molar-refractivity contribution is 8.00. The molecule has 2 unspecified atom stereocenters. The molecule has 0 aliphatic carbocycles. The number of rotatable bonds is 16. The first kappa shape index (κ1) is 27.3. The fourth-order valence-corrected chi connectivity index (χ4v) is 3.42. The van der Waals surface area contributed by atoms with Gasteiger partial charge >= 0.3 is 0 Å². The average molecular weight is 460 g/mol. The third-order valence-electron chi connectivity index (χ3n) is 4.26. The van der Waals surface area contributed by atoms with Gasteiger partial charge in [0.25, 0.3) is 0 Å². The number of hydrogen-bond donors (Lipinski definition) is 1. The maximum absolute atomic E-state index is 5.62. The molecule has 0 aliphatic heterocycles. The first-order valence-corrected chi connectivity index (χ1v) is 10.6. The van der Waals surface area contributed by atoms with E-state index in [2.05, 4.69) is 5.53 Å². The molecule has 0 bridgehead atoms. The van der Waals surface area contributed by atoms with Gasteiger partial charge in [-0.15, -0.1) is 0 Å². The lowest BCUT2D eigenvalue weighted by Gasteiger charge is -2.47. The Morgan fingerprint density at radius 1 is 0.741 bits per heavy atom. The Morgan fingerprint density at radius 3 is 1.37 bits per heavy atom. The fraction of sp³-hybridized carbons (Fsp3) is 0.875. The summed E-state index contributed by atoms with van der Waals surface area (Å²) in [5, 5.41) is 0. The zero-order valence-corrected chi connectivity index (χ0v) is 20.0. The van der Waals surface area contributed by atoms with Crippen molar-refractivity contribution in [2.45, 2.75) is 13.8 Å². The third-order valence-corrected chi connectivity index (χ3v) is 5.66. The number of hydrogen-bond acceptors (Lipinski definition) is 9. The summed E-state index contributed by atoms with van der Waals surface area (Å²) in [5.41, 5.74) is 3.52. The van der Waals surface area contributed by atoms with Gasteiger partial charge in [0.05, 0.1) is 48.3 Å². The van der Waals surface area contributed by atoms with Crippen LogP contribution in [0.25, 0.3) is 0 Å². The summed E-state index contributed by atoms with van der Waals surface area (Å²) in [6.45, 7) is 9.59. The Hall–Kier alpha value is 0.340. The third kappa shape index (κ3) is 9.59. The lowest BCUT2D eigenvalue weighted by Crippen LogP contribution is -2.76. The average Bonchev–Trinajstić information content (AvgIpc) is 2.65. The molecule has 0 aliphatic rings. The molecule has 27 heavy (non-hydrogen) atoms. The molecule has 160 valence electrons. The van der Waals surface area contributed by atoms with Gasteiger partial charge in [-0.3, -0.25) is 0 Å². The smallest absolute Gasteiger partial charge is 0.128 e. The van der Waals surface area contributed by atoms with Gasteiger partial charge in [-0.25, -0.2) is 0 Å². The lowest BCUT2D eigenvalue weighted by atomic mass is 10.5. The molecular formula is C16H33N3O4S4. The van der Waals surface area contributed by atoms with Crippen LogP contribution in [0.2, 0.25) is 0 Å². The van der Waals surface area contributed by atoms with Crippen molar-refractivity contribution >= 4 is 58.3 Å². The highest BCUT2D eigenvalue weighted by atomic mass is 32.1. The van der Waals surface area contributed by atoms with E-state index in [4.69, 9.17) is 68.6 Å². The number of methoxy groups -OCH3 is 2. The van der Waals surface area contributed by atoms with Gasteiger partial charge < -0.3 is 68.6 Å². The molecule has 0 radical (unpaired) electrons. The van der Waals surface area contributed by atoms with Crippen molar-refractivity contribution in [1.29, 1.82) is 0 Å². The molecule has 0 fully saturated rings. The second-order valence-corrected chi connectivity index (χ2v) is 7.92. The van der Waals surface area contributed by atoms with Gasteiger partial charge in [-0.1, -0.05) is 0 Å². The SMILES string of the molecule is CC[N+](CCOCCOC)(N[N+](CC)(CCOCCOC)C(=S)[S-])C(=S)[S-]. The van der Waals surface area contributed by atoms with E-state index in [1.54, 1.807) is 14.2 Å². The first-order chi connectivity index (χ1) is 12.8. The molecule has 0 spiro atoms. The van der Waals surface area contributed by atoms with Crippen molar-refractivity contribution in [2.24, 2.45) is 0 Å². The highest BCUT2D eigenvalue weighted by Gasteiger charge is 2.38. The minimum absolute atomic E-state index is 0.209. The summed E-state index contributed by atoms with van der Waals surface area (Å²) < 4.78 is 22.5. The van der Waals surface area contributed by atoms with Gasteiger partial charge in [0.15, 0.2) is 0 Å². The summed E-state index contributed by atoms with van der Waals surface area (Å²) in [6, 6.07) is 0. The van der Waals surface area contributed by atoms with Crippen LogP contribution in [-0.2, 0) is 44.2 Å². The Labute approximate surface area is 185 Å². The molecule has 2 atom stereocenters. The first-order valence-electron chi connectivity index (χ1n) is 8.94. The summed E-state index contributed by atoms with van der Waals surface area (Å²) in [6.07, 6.45) is 0. The summed E-state index contributed by atoms with van der Waals surface area (Å²) >= 11 is 21.6. The summed E-state index contributed by atoms with van der Waals surface area (Å²) in [5.74, 6) is 0. The van der Waals surface area contributed by atoms with Crippen molar-refractivity contribution in [3.8, 4) is 0 Å². The Balaban J connectivity index is 5.17. The van der Waals surface area contributed by atoms with Gasteiger partial charge in [0.1, 0.15) is 26.2 Å².